The van der Waals surface area contributed by atoms with Gasteiger partial charge in [-0.1, -0.05) is 0 Å². The highest BCUT2D eigenvalue weighted by Crippen LogP contribution is 2.24. The van der Waals surface area contributed by atoms with Crippen LogP contribution in [0.3, 0.4) is 0 Å². The molecule has 0 fully saturated rings. The van der Waals surface area contributed by atoms with Crippen LogP contribution in [-0.2, 0) is 17.9 Å². The molecule has 0 spiro atoms. The molecule has 4 heteroatoms. The first-order chi connectivity index (χ1) is 7.78. The van der Waals surface area contributed by atoms with Crippen molar-refractivity contribution in [1.29, 1.82) is 0 Å². The lowest BCUT2D eigenvalue weighted by Crippen LogP contribution is -2.18. The minimum Gasteiger partial charge on any atom is -0.302 e. The average molecular weight is 217 g/mol. The van der Waals surface area contributed by atoms with Crippen molar-refractivity contribution in [3.05, 3.63) is 34.4 Å². The van der Waals surface area contributed by atoms with Crippen LogP contribution in [0.1, 0.15) is 31.8 Å². The normalized spacial score (nSPS) is 14.5. The van der Waals surface area contributed by atoms with Gasteiger partial charge < -0.3 is 4.79 Å². The predicted molar refractivity (Wildman–Crippen MR) is 57.4 cm³/mol. The Morgan fingerprint density at radius 2 is 1.50 bits per heavy atom. The van der Waals surface area contributed by atoms with E-state index in [-0.39, 0.29) is 0 Å². The molecular weight excluding hydrogens is 206 g/mol. The van der Waals surface area contributed by atoms with E-state index in [4.69, 9.17) is 0 Å². The molecule has 1 aliphatic rings. The summed E-state index contributed by atoms with van der Waals surface area (Å²) in [7, 11) is 0. The van der Waals surface area contributed by atoms with Gasteiger partial charge in [-0.2, -0.15) is 0 Å². The van der Waals surface area contributed by atoms with Crippen LogP contribution in [0.2, 0.25) is 0 Å². The van der Waals surface area contributed by atoms with Gasteiger partial charge in [0.2, 0.25) is 0 Å². The zero-order chi connectivity index (χ0) is 11.5. The summed E-state index contributed by atoms with van der Waals surface area (Å²) in [6.45, 7) is 1.70. The highest BCUT2D eigenvalue weighted by Gasteiger charge is 2.20. The second kappa shape index (κ2) is 4.37. The fraction of sp³-hybridized carbons (Fsp3) is 0.250. The molecule has 0 saturated carbocycles. The molecule has 0 aliphatic carbocycles. The summed E-state index contributed by atoms with van der Waals surface area (Å²) in [5.74, 6) is 0. The molecule has 0 unspecified atom stereocenters. The summed E-state index contributed by atoms with van der Waals surface area (Å²) < 4.78 is 0. The summed E-state index contributed by atoms with van der Waals surface area (Å²) in [6, 6.07) is 3.47. The molecule has 1 heterocycles. The van der Waals surface area contributed by atoms with Crippen LogP contribution in [0, 0.1) is 0 Å². The third kappa shape index (κ3) is 1.79. The summed E-state index contributed by atoms with van der Waals surface area (Å²) in [5, 5.41) is 0. The van der Waals surface area contributed by atoms with Gasteiger partial charge in [-0.3, -0.25) is 14.5 Å². The van der Waals surface area contributed by atoms with Gasteiger partial charge in [-0.05, 0) is 23.3 Å². The minimum absolute atomic E-state index is 0.377. The Morgan fingerprint density at radius 1 is 1.00 bits per heavy atom. The molecule has 0 atom stereocenters. The highest BCUT2D eigenvalue weighted by molar-refractivity contribution is 5.90. The summed E-state index contributed by atoms with van der Waals surface area (Å²) >= 11 is 0. The van der Waals surface area contributed by atoms with Gasteiger partial charge in [0, 0.05) is 24.2 Å². The second-order valence-corrected chi connectivity index (χ2v) is 3.82. The number of aldehydes is 3. The van der Waals surface area contributed by atoms with E-state index >= 15 is 0 Å². The second-order valence-electron chi connectivity index (χ2n) is 3.82. The van der Waals surface area contributed by atoms with Crippen molar-refractivity contribution in [3.8, 4) is 0 Å². The van der Waals surface area contributed by atoms with Gasteiger partial charge >= 0.3 is 0 Å². The lowest BCUT2D eigenvalue weighted by Gasteiger charge is -2.08. The maximum Gasteiger partial charge on any atom is 0.150 e. The molecule has 2 rings (SSSR count). The SMILES string of the molecule is O=CCN1Cc2cc(C=O)c(C=O)cc2C1. The maximum atomic E-state index is 10.8. The zero-order valence-corrected chi connectivity index (χ0v) is 8.68. The Bertz CT molecular complexity index is 417. The summed E-state index contributed by atoms with van der Waals surface area (Å²) in [5.41, 5.74) is 2.88. The monoisotopic (exact) mass is 217 g/mol. The van der Waals surface area contributed by atoms with Crippen LogP contribution < -0.4 is 0 Å². The van der Waals surface area contributed by atoms with Crippen LogP contribution in [0.25, 0.3) is 0 Å². The molecule has 4 nitrogen and oxygen atoms in total. The van der Waals surface area contributed by atoms with Crippen LogP contribution in [0.15, 0.2) is 12.1 Å². The van der Waals surface area contributed by atoms with Crippen molar-refractivity contribution in [3.63, 3.8) is 0 Å². The molecule has 0 saturated heterocycles. The van der Waals surface area contributed by atoms with E-state index in [0.717, 1.165) is 17.4 Å². The number of benzene rings is 1. The smallest absolute Gasteiger partial charge is 0.150 e. The van der Waals surface area contributed by atoms with Crippen molar-refractivity contribution < 1.29 is 14.4 Å². The molecule has 1 aliphatic heterocycles. The van der Waals surface area contributed by atoms with Gasteiger partial charge in [-0.25, -0.2) is 0 Å². The average Bonchev–Trinajstić information content (AvgIpc) is 2.68. The van der Waals surface area contributed by atoms with Gasteiger partial charge in [0.05, 0.1) is 6.54 Å². The molecule has 82 valence electrons. The number of hydrogen-bond donors (Lipinski definition) is 0. The number of nitrogens with zero attached hydrogens (tertiary/aromatic N) is 1. The third-order valence-electron chi connectivity index (χ3n) is 2.78. The van der Waals surface area contributed by atoms with Gasteiger partial charge in [0.15, 0.2) is 12.6 Å². The molecule has 1 aromatic carbocycles. The van der Waals surface area contributed by atoms with Gasteiger partial charge in [-0.15, -0.1) is 0 Å². The van der Waals surface area contributed by atoms with Crippen LogP contribution in [0.5, 0.6) is 0 Å². The van der Waals surface area contributed by atoms with Crippen LogP contribution in [0.4, 0.5) is 0 Å². The maximum absolute atomic E-state index is 10.8. The number of carbonyl (C=O) groups is 3. The number of hydrogen-bond acceptors (Lipinski definition) is 4. The number of carbonyl (C=O) groups excluding carboxylic acids is 3. The summed E-state index contributed by atoms with van der Waals surface area (Å²) in [6.07, 6.45) is 2.23. The summed E-state index contributed by atoms with van der Waals surface area (Å²) in [4.78, 5) is 33.9. The van der Waals surface area contributed by atoms with Crippen molar-refractivity contribution >= 4 is 18.9 Å². The Hall–Kier alpha value is -1.81. The lowest BCUT2D eigenvalue weighted by molar-refractivity contribution is -0.108. The topological polar surface area (TPSA) is 54.5 Å². The molecule has 0 bridgehead atoms. The van der Waals surface area contributed by atoms with Crippen LogP contribution in [-0.4, -0.2) is 30.3 Å². The fourth-order valence-electron chi connectivity index (χ4n) is 2.00. The number of rotatable bonds is 4. The van der Waals surface area contributed by atoms with Crippen LogP contribution >= 0.6 is 0 Å². The van der Waals surface area contributed by atoms with E-state index in [1.54, 1.807) is 12.1 Å². The van der Waals surface area contributed by atoms with Crippen molar-refractivity contribution in [2.24, 2.45) is 0 Å². The molecule has 0 aromatic heterocycles. The van der Waals surface area contributed by atoms with E-state index in [9.17, 15) is 14.4 Å². The van der Waals surface area contributed by atoms with E-state index in [2.05, 4.69) is 0 Å². The van der Waals surface area contributed by atoms with Gasteiger partial charge in [0.1, 0.15) is 6.29 Å². The highest BCUT2D eigenvalue weighted by atomic mass is 16.1. The Labute approximate surface area is 92.9 Å². The van der Waals surface area contributed by atoms with Crippen molar-refractivity contribution in [2.45, 2.75) is 13.1 Å². The number of fused-ring (bicyclic) bond motifs is 1. The lowest BCUT2D eigenvalue weighted by atomic mass is 10.0. The predicted octanol–water partition coefficient (Wildman–Crippen LogP) is 0.826. The fourth-order valence-corrected chi connectivity index (χ4v) is 2.00. The molecule has 0 N–H and O–H groups in total. The Morgan fingerprint density at radius 3 is 1.88 bits per heavy atom. The molecule has 16 heavy (non-hydrogen) atoms. The van der Waals surface area contributed by atoms with Crippen molar-refractivity contribution in [1.82, 2.24) is 4.90 Å². The quantitative estimate of drug-likeness (QED) is 0.701. The standard InChI is InChI=1S/C12H11NO3/c14-2-1-13-5-9-3-11(7-15)12(8-16)4-10(9)6-13/h2-4,7-8H,1,5-6H2. The first-order valence-electron chi connectivity index (χ1n) is 5.00. The molecule has 0 amide bonds. The molecule has 0 radical (unpaired) electrons. The van der Waals surface area contributed by atoms with E-state index in [0.29, 0.717) is 43.3 Å². The molecular formula is C12H11NO3. The minimum atomic E-state index is 0.377. The van der Waals surface area contributed by atoms with E-state index in [1.807, 2.05) is 4.90 Å². The van der Waals surface area contributed by atoms with Gasteiger partial charge in [0.25, 0.3) is 0 Å². The zero-order valence-electron chi connectivity index (χ0n) is 8.68. The first kappa shape index (κ1) is 10.7. The third-order valence-corrected chi connectivity index (χ3v) is 2.78. The first-order valence-corrected chi connectivity index (χ1v) is 5.00. The molecule has 1 aromatic rings. The van der Waals surface area contributed by atoms with E-state index < -0.39 is 0 Å². The van der Waals surface area contributed by atoms with E-state index in [1.165, 1.54) is 0 Å². The largest absolute Gasteiger partial charge is 0.302 e. The Kier molecular flexibility index (Phi) is 2.92. The Balaban J connectivity index is 2.35. The van der Waals surface area contributed by atoms with Crippen molar-refractivity contribution in [2.75, 3.05) is 6.54 Å².